The van der Waals surface area contributed by atoms with E-state index in [4.69, 9.17) is 10.4 Å². The summed E-state index contributed by atoms with van der Waals surface area (Å²) < 4.78 is 18.4. The summed E-state index contributed by atoms with van der Waals surface area (Å²) in [6, 6.07) is 3.01. The van der Waals surface area contributed by atoms with Crippen LogP contribution in [-0.2, 0) is 4.65 Å². The molecule has 2 rings (SSSR count). The zero-order chi connectivity index (χ0) is 9.59. The maximum atomic E-state index is 13.4. The van der Waals surface area contributed by atoms with E-state index in [2.05, 4.69) is 0 Å². The van der Waals surface area contributed by atoms with Crippen molar-refractivity contribution in [3.63, 3.8) is 0 Å². The number of anilines is 1. The first-order valence-electron chi connectivity index (χ1n) is 4.02. The van der Waals surface area contributed by atoms with E-state index in [-0.39, 0.29) is 5.69 Å². The Bertz CT molecular complexity index is 358. The predicted octanol–water partition coefficient (Wildman–Crippen LogP) is 0.187. The molecule has 0 saturated carbocycles. The second-order valence-electron chi connectivity index (χ2n) is 3.10. The second-order valence-corrected chi connectivity index (χ2v) is 3.10. The molecule has 3 N–H and O–H groups in total. The second kappa shape index (κ2) is 2.72. The van der Waals surface area contributed by atoms with Crippen molar-refractivity contribution < 1.29 is 14.1 Å². The highest BCUT2D eigenvalue weighted by atomic mass is 19.1. The number of nitrogen functional groups attached to an aromatic ring is 1. The molecule has 1 aliphatic rings. The van der Waals surface area contributed by atoms with Crippen LogP contribution in [0.15, 0.2) is 12.1 Å². The Hall–Kier alpha value is -1.07. The van der Waals surface area contributed by atoms with Crippen molar-refractivity contribution in [2.45, 2.75) is 13.0 Å². The average Bonchev–Trinajstić information content (AvgIpc) is 2.35. The third-order valence-electron chi connectivity index (χ3n) is 2.25. The van der Waals surface area contributed by atoms with Gasteiger partial charge in [-0.25, -0.2) is 4.39 Å². The highest BCUT2D eigenvalue weighted by Gasteiger charge is 2.35. The normalized spacial score (nSPS) is 20.5. The van der Waals surface area contributed by atoms with Crippen molar-refractivity contribution in [3.8, 4) is 0 Å². The summed E-state index contributed by atoms with van der Waals surface area (Å²) >= 11 is 0. The smallest absolute Gasteiger partial charge is 0.423 e. The fraction of sp³-hybridized carbons (Fsp3) is 0.250. The molecule has 0 spiro atoms. The molecule has 0 aromatic heterocycles. The number of hydrogen-bond donors (Lipinski definition) is 2. The summed E-state index contributed by atoms with van der Waals surface area (Å²) in [4.78, 5) is 0. The largest absolute Gasteiger partial charge is 0.492 e. The van der Waals surface area contributed by atoms with Crippen molar-refractivity contribution in [1.82, 2.24) is 0 Å². The van der Waals surface area contributed by atoms with Crippen LogP contribution >= 0.6 is 0 Å². The van der Waals surface area contributed by atoms with Crippen molar-refractivity contribution in [3.05, 3.63) is 23.5 Å². The molecule has 0 radical (unpaired) electrons. The maximum absolute atomic E-state index is 13.4. The lowest BCUT2D eigenvalue weighted by molar-refractivity contribution is 0.205. The molecule has 1 aliphatic heterocycles. The van der Waals surface area contributed by atoms with Gasteiger partial charge in [0.1, 0.15) is 0 Å². The number of hydrogen-bond acceptors (Lipinski definition) is 3. The fourth-order valence-corrected chi connectivity index (χ4v) is 1.59. The van der Waals surface area contributed by atoms with Gasteiger partial charge in [0.15, 0.2) is 5.82 Å². The van der Waals surface area contributed by atoms with Crippen molar-refractivity contribution in [2.75, 3.05) is 5.73 Å². The van der Waals surface area contributed by atoms with Gasteiger partial charge in [0.25, 0.3) is 0 Å². The van der Waals surface area contributed by atoms with Gasteiger partial charge in [0.05, 0.1) is 11.8 Å². The maximum Gasteiger partial charge on any atom is 0.492 e. The fourth-order valence-electron chi connectivity index (χ4n) is 1.59. The van der Waals surface area contributed by atoms with Crippen LogP contribution in [0, 0.1) is 5.82 Å². The summed E-state index contributed by atoms with van der Waals surface area (Å²) in [5.41, 5.74) is 6.31. The number of halogens is 1. The van der Waals surface area contributed by atoms with Crippen LogP contribution in [0.3, 0.4) is 0 Å². The third-order valence-corrected chi connectivity index (χ3v) is 2.25. The van der Waals surface area contributed by atoms with Crippen LogP contribution in [-0.4, -0.2) is 12.1 Å². The Labute approximate surface area is 75.5 Å². The minimum absolute atomic E-state index is 0.0864. The van der Waals surface area contributed by atoms with Crippen LogP contribution in [0.2, 0.25) is 0 Å². The molecule has 0 aliphatic carbocycles. The van der Waals surface area contributed by atoms with E-state index in [1.165, 1.54) is 6.07 Å². The summed E-state index contributed by atoms with van der Waals surface area (Å²) in [5, 5.41) is 9.34. The minimum Gasteiger partial charge on any atom is -0.423 e. The number of benzene rings is 1. The molecule has 0 amide bonds. The molecular weight excluding hydrogens is 172 g/mol. The molecule has 1 heterocycles. The molecule has 1 atom stereocenters. The molecule has 1 aromatic carbocycles. The van der Waals surface area contributed by atoms with Gasteiger partial charge in [0.2, 0.25) is 0 Å². The van der Waals surface area contributed by atoms with Gasteiger partial charge in [-0.15, -0.1) is 0 Å². The molecule has 0 saturated heterocycles. The first-order valence-corrected chi connectivity index (χ1v) is 4.02. The minimum atomic E-state index is -1.03. The highest BCUT2D eigenvalue weighted by Crippen LogP contribution is 2.27. The molecule has 1 aromatic rings. The first kappa shape index (κ1) is 8.53. The van der Waals surface area contributed by atoms with Gasteiger partial charge >= 0.3 is 7.12 Å². The first-order chi connectivity index (χ1) is 6.11. The van der Waals surface area contributed by atoms with Gasteiger partial charge in [-0.1, -0.05) is 6.07 Å². The number of rotatable bonds is 0. The van der Waals surface area contributed by atoms with Crippen molar-refractivity contribution in [2.24, 2.45) is 0 Å². The topological polar surface area (TPSA) is 55.5 Å². The zero-order valence-corrected chi connectivity index (χ0v) is 7.12. The molecule has 3 nitrogen and oxygen atoms in total. The third kappa shape index (κ3) is 1.12. The van der Waals surface area contributed by atoms with Gasteiger partial charge in [-0.2, -0.15) is 0 Å². The van der Waals surface area contributed by atoms with Crippen LogP contribution in [0.5, 0.6) is 0 Å². The number of fused-ring (bicyclic) bond motifs is 1. The van der Waals surface area contributed by atoms with E-state index < -0.39 is 19.0 Å². The summed E-state index contributed by atoms with van der Waals surface area (Å²) in [5.74, 6) is -0.485. The molecule has 5 heteroatoms. The Kier molecular flexibility index (Phi) is 1.78. The highest BCUT2D eigenvalue weighted by molar-refractivity contribution is 6.61. The van der Waals surface area contributed by atoms with E-state index in [1.54, 1.807) is 13.0 Å². The lowest BCUT2D eigenvalue weighted by Gasteiger charge is -2.06. The molecule has 68 valence electrons. The summed E-state index contributed by atoms with van der Waals surface area (Å²) in [6.45, 7) is 1.68. The monoisotopic (exact) mass is 181 g/mol. The van der Waals surface area contributed by atoms with Crippen LogP contribution < -0.4 is 11.2 Å². The molecule has 1 unspecified atom stereocenters. The van der Waals surface area contributed by atoms with Crippen LogP contribution in [0.4, 0.5) is 10.1 Å². The Morgan fingerprint density at radius 3 is 3.00 bits per heavy atom. The Morgan fingerprint density at radius 2 is 2.31 bits per heavy atom. The molecule has 13 heavy (non-hydrogen) atoms. The lowest BCUT2D eigenvalue weighted by Crippen LogP contribution is -2.28. The lowest BCUT2D eigenvalue weighted by atomic mass is 9.79. The van der Waals surface area contributed by atoms with Gasteiger partial charge in [-0.3, -0.25) is 0 Å². The van der Waals surface area contributed by atoms with Gasteiger partial charge in [0, 0.05) is 5.56 Å². The van der Waals surface area contributed by atoms with Gasteiger partial charge < -0.3 is 15.4 Å². The van der Waals surface area contributed by atoms with E-state index >= 15 is 0 Å². The van der Waals surface area contributed by atoms with Crippen molar-refractivity contribution in [1.29, 1.82) is 0 Å². The molecule has 0 fully saturated rings. The van der Waals surface area contributed by atoms with E-state index in [0.717, 1.165) is 0 Å². The molecular formula is C8H9BFNO2. The summed E-state index contributed by atoms with van der Waals surface area (Å²) in [7, 11) is -1.03. The zero-order valence-electron chi connectivity index (χ0n) is 7.12. The Morgan fingerprint density at radius 1 is 1.62 bits per heavy atom. The summed E-state index contributed by atoms with van der Waals surface area (Å²) in [6.07, 6.45) is -0.437. The molecule has 0 bridgehead atoms. The van der Waals surface area contributed by atoms with E-state index in [0.29, 0.717) is 11.0 Å². The van der Waals surface area contributed by atoms with Crippen LogP contribution in [0.1, 0.15) is 18.6 Å². The average molecular weight is 181 g/mol. The number of nitrogens with two attached hydrogens (primary N) is 1. The standard InChI is InChI=1S/C8H9BFNO2/c1-4-7-5(9(12)13-4)2-3-6(11)8(7)10/h2-4,12H,11H2,1H3. The quantitative estimate of drug-likeness (QED) is 0.443. The van der Waals surface area contributed by atoms with Crippen molar-refractivity contribution >= 4 is 18.3 Å². The van der Waals surface area contributed by atoms with E-state index in [1.807, 2.05) is 0 Å². The van der Waals surface area contributed by atoms with E-state index in [9.17, 15) is 9.41 Å². The van der Waals surface area contributed by atoms with Gasteiger partial charge in [-0.05, 0) is 18.5 Å². The predicted molar refractivity (Wildman–Crippen MR) is 47.9 cm³/mol. The SMILES string of the molecule is CC1OB(O)c2ccc(N)c(F)c21. The Balaban J connectivity index is 2.64. The van der Waals surface area contributed by atoms with Crippen LogP contribution in [0.25, 0.3) is 0 Å².